The van der Waals surface area contributed by atoms with Gasteiger partial charge in [-0.2, -0.15) is 8.78 Å². The Kier molecular flexibility index (Phi) is 6.25. The Labute approximate surface area is 162 Å². The highest BCUT2D eigenvalue weighted by atomic mass is 32.2. The van der Waals surface area contributed by atoms with E-state index in [0.717, 1.165) is 10.6 Å². The van der Waals surface area contributed by atoms with Crippen molar-refractivity contribution >= 4 is 45.5 Å². The molecule has 2 aromatic carbocycles. The molecular weight excluding hydrogens is 392 g/mol. The van der Waals surface area contributed by atoms with Crippen molar-refractivity contribution in [1.82, 2.24) is 4.98 Å². The van der Waals surface area contributed by atoms with Crippen LogP contribution in [0.3, 0.4) is 0 Å². The molecular formula is C18H15F2N3O2S2. The minimum absolute atomic E-state index is 0.0715. The van der Waals surface area contributed by atoms with Gasteiger partial charge in [0.25, 0.3) is 5.91 Å². The number of amides is 1. The number of carbonyl (C=O) groups is 1. The lowest BCUT2D eigenvalue weighted by molar-refractivity contribution is -0.0498. The number of para-hydroxylation sites is 1. The van der Waals surface area contributed by atoms with E-state index in [1.807, 2.05) is 30.5 Å². The summed E-state index contributed by atoms with van der Waals surface area (Å²) in [6.07, 6.45) is 1.94. The fraction of sp³-hybridized carbons (Fsp3) is 0.111. The summed E-state index contributed by atoms with van der Waals surface area (Å²) in [6.45, 7) is -2.86. The molecule has 0 radical (unpaired) electrons. The average Bonchev–Trinajstić information content (AvgIpc) is 3.12. The molecule has 5 nitrogen and oxygen atoms in total. The third-order valence-corrected chi connectivity index (χ3v) is 4.98. The Balaban J connectivity index is 1.65. The Morgan fingerprint density at radius 2 is 1.93 bits per heavy atom. The van der Waals surface area contributed by atoms with Gasteiger partial charge in [-0.1, -0.05) is 12.1 Å². The molecule has 3 aromatic rings. The first-order valence-electron chi connectivity index (χ1n) is 7.77. The second-order valence-electron chi connectivity index (χ2n) is 5.22. The molecule has 0 aliphatic rings. The van der Waals surface area contributed by atoms with Crippen molar-refractivity contribution in [3.05, 3.63) is 59.6 Å². The highest BCUT2D eigenvalue weighted by molar-refractivity contribution is 7.98. The summed E-state index contributed by atoms with van der Waals surface area (Å²) in [6, 6.07) is 13.5. The number of thioether (sulfide) groups is 1. The standard InChI is InChI=1S/C18H15F2N3O2S2/c1-26-15-5-3-2-4-13(15)22-16(24)14-10-27-18(23-14)21-11-6-8-12(9-7-11)25-17(19)20/h2-10,17H,1H3,(H,21,23)(H,22,24). The van der Waals surface area contributed by atoms with E-state index in [-0.39, 0.29) is 17.4 Å². The molecule has 0 saturated heterocycles. The highest BCUT2D eigenvalue weighted by Crippen LogP contribution is 2.27. The smallest absolute Gasteiger partial charge is 0.387 e. The van der Waals surface area contributed by atoms with Crippen LogP contribution < -0.4 is 15.4 Å². The van der Waals surface area contributed by atoms with Crippen molar-refractivity contribution in [2.75, 3.05) is 16.9 Å². The van der Waals surface area contributed by atoms with Crippen LogP contribution in [0.15, 0.2) is 58.8 Å². The van der Waals surface area contributed by atoms with Crippen molar-refractivity contribution in [1.29, 1.82) is 0 Å². The molecule has 9 heteroatoms. The van der Waals surface area contributed by atoms with E-state index in [2.05, 4.69) is 20.4 Å². The van der Waals surface area contributed by atoms with Gasteiger partial charge in [0.05, 0.1) is 5.69 Å². The van der Waals surface area contributed by atoms with Crippen LogP contribution in [0.25, 0.3) is 0 Å². The number of ether oxygens (including phenoxy) is 1. The van der Waals surface area contributed by atoms with E-state index in [0.29, 0.717) is 10.8 Å². The lowest BCUT2D eigenvalue weighted by Gasteiger charge is -2.08. The Hall–Kier alpha value is -2.65. The van der Waals surface area contributed by atoms with E-state index in [1.54, 1.807) is 29.3 Å². The molecule has 0 unspecified atom stereocenters. The third kappa shape index (κ3) is 5.18. The molecule has 1 heterocycles. The van der Waals surface area contributed by atoms with Gasteiger partial charge in [-0.15, -0.1) is 23.1 Å². The van der Waals surface area contributed by atoms with Crippen molar-refractivity contribution in [2.45, 2.75) is 11.5 Å². The number of nitrogens with zero attached hydrogens (tertiary/aromatic N) is 1. The summed E-state index contributed by atoms with van der Waals surface area (Å²) in [4.78, 5) is 17.6. The molecule has 0 aliphatic heterocycles. The van der Waals surface area contributed by atoms with Crippen LogP contribution in [0.2, 0.25) is 0 Å². The monoisotopic (exact) mass is 407 g/mol. The maximum Gasteiger partial charge on any atom is 0.387 e. The minimum atomic E-state index is -2.86. The number of hydrogen-bond donors (Lipinski definition) is 2. The number of carbonyl (C=O) groups excluding carboxylic acids is 1. The maximum absolute atomic E-state index is 12.4. The van der Waals surface area contributed by atoms with Crippen LogP contribution in [0, 0.1) is 0 Å². The molecule has 0 atom stereocenters. The lowest BCUT2D eigenvalue weighted by atomic mass is 10.3. The SMILES string of the molecule is CSc1ccccc1NC(=O)c1csc(Nc2ccc(OC(F)F)cc2)n1. The first-order chi connectivity index (χ1) is 13.0. The van der Waals surface area contributed by atoms with E-state index in [9.17, 15) is 13.6 Å². The van der Waals surface area contributed by atoms with Crippen LogP contribution in [0.5, 0.6) is 5.75 Å². The van der Waals surface area contributed by atoms with Crippen LogP contribution >= 0.6 is 23.1 Å². The molecule has 27 heavy (non-hydrogen) atoms. The van der Waals surface area contributed by atoms with Crippen molar-refractivity contribution < 1.29 is 18.3 Å². The van der Waals surface area contributed by atoms with E-state index >= 15 is 0 Å². The number of halogens is 2. The van der Waals surface area contributed by atoms with Gasteiger partial charge in [-0.05, 0) is 42.7 Å². The number of aromatic nitrogens is 1. The predicted molar refractivity (Wildman–Crippen MR) is 105 cm³/mol. The van der Waals surface area contributed by atoms with Gasteiger partial charge in [0.15, 0.2) is 5.13 Å². The maximum atomic E-state index is 12.4. The average molecular weight is 407 g/mol. The summed E-state index contributed by atoms with van der Waals surface area (Å²) in [5.74, 6) is -0.233. The van der Waals surface area contributed by atoms with E-state index in [4.69, 9.17) is 0 Å². The Morgan fingerprint density at radius 3 is 2.63 bits per heavy atom. The quantitative estimate of drug-likeness (QED) is 0.509. The van der Waals surface area contributed by atoms with Crippen LogP contribution in [-0.4, -0.2) is 23.8 Å². The molecule has 0 aliphatic carbocycles. The number of benzene rings is 2. The molecule has 140 valence electrons. The van der Waals surface area contributed by atoms with Gasteiger partial charge in [0, 0.05) is 16.0 Å². The van der Waals surface area contributed by atoms with Crippen LogP contribution in [0.4, 0.5) is 25.3 Å². The molecule has 1 amide bonds. The first kappa shape index (κ1) is 19.1. The molecule has 0 saturated carbocycles. The number of alkyl halides is 2. The topological polar surface area (TPSA) is 63.2 Å². The van der Waals surface area contributed by atoms with Gasteiger partial charge in [-0.3, -0.25) is 4.79 Å². The molecule has 0 fully saturated rings. The van der Waals surface area contributed by atoms with Gasteiger partial charge in [0.1, 0.15) is 11.4 Å². The number of rotatable bonds is 7. The first-order valence-corrected chi connectivity index (χ1v) is 9.87. The molecule has 0 spiro atoms. The highest BCUT2D eigenvalue weighted by Gasteiger charge is 2.13. The summed E-state index contributed by atoms with van der Waals surface area (Å²) >= 11 is 2.81. The predicted octanol–water partition coefficient (Wildman–Crippen LogP) is 5.46. The summed E-state index contributed by atoms with van der Waals surface area (Å²) in [5, 5.41) is 8.04. The number of nitrogens with one attached hydrogen (secondary N) is 2. The second-order valence-corrected chi connectivity index (χ2v) is 6.93. The van der Waals surface area contributed by atoms with Crippen molar-refractivity contribution in [2.24, 2.45) is 0 Å². The van der Waals surface area contributed by atoms with E-state index < -0.39 is 6.61 Å². The van der Waals surface area contributed by atoms with Gasteiger partial charge < -0.3 is 15.4 Å². The van der Waals surface area contributed by atoms with Crippen LogP contribution in [0.1, 0.15) is 10.5 Å². The summed E-state index contributed by atoms with van der Waals surface area (Å²) in [5.41, 5.74) is 1.66. The van der Waals surface area contributed by atoms with Gasteiger partial charge >= 0.3 is 6.61 Å². The summed E-state index contributed by atoms with van der Waals surface area (Å²) < 4.78 is 28.6. The van der Waals surface area contributed by atoms with Gasteiger partial charge in [-0.25, -0.2) is 4.98 Å². The van der Waals surface area contributed by atoms with E-state index in [1.165, 1.54) is 23.5 Å². The van der Waals surface area contributed by atoms with Crippen molar-refractivity contribution in [3.8, 4) is 5.75 Å². The molecule has 0 bridgehead atoms. The zero-order valence-electron chi connectivity index (χ0n) is 14.1. The number of hydrogen-bond acceptors (Lipinski definition) is 6. The third-order valence-electron chi connectivity index (χ3n) is 3.42. The Bertz CT molecular complexity index is 917. The molecule has 1 aromatic heterocycles. The molecule has 2 N–H and O–H groups in total. The zero-order chi connectivity index (χ0) is 19.2. The van der Waals surface area contributed by atoms with Crippen molar-refractivity contribution in [3.63, 3.8) is 0 Å². The minimum Gasteiger partial charge on any atom is -0.435 e. The fourth-order valence-electron chi connectivity index (χ4n) is 2.21. The van der Waals surface area contributed by atoms with Gasteiger partial charge in [0.2, 0.25) is 0 Å². The molecule has 3 rings (SSSR count). The fourth-order valence-corrected chi connectivity index (χ4v) is 3.48. The van der Waals surface area contributed by atoms with Crippen LogP contribution in [-0.2, 0) is 0 Å². The largest absolute Gasteiger partial charge is 0.435 e. The number of thiazole rings is 1. The lowest BCUT2D eigenvalue weighted by Crippen LogP contribution is -2.13. The number of anilines is 3. The Morgan fingerprint density at radius 1 is 1.19 bits per heavy atom. The normalized spacial score (nSPS) is 10.7. The summed E-state index contributed by atoms with van der Waals surface area (Å²) in [7, 11) is 0. The zero-order valence-corrected chi connectivity index (χ0v) is 15.7. The second kappa shape index (κ2) is 8.83.